The SMILES string of the molecule is CC1CCN(C(=O)c2nn(C)cc2N)CC1C. The van der Waals surface area contributed by atoms with Gasteiger partial charge in [-0.1, -0.05) is 13.8 Å². The first-order valence-corrected chi connectivity index (χ1v) is 6.07. The summed E-state index contributed by atoms with van der Waals surface area (Å²) in [5.74, 6) is 1.18. The van der Waals surface area contributed by atoms with Crippen molar-refractivity contribution in [3.8, 4) is 0 Å². The minimum absolute atomic E-state index is 0.0400. The van der Waals surface area contributed by atoms with Crippen LogP contribution in [0.5, 0.6) is 0 Å². The normalized spacial score (nSPS) is 25.0. The van der Waals surface area contributed by atoms with Gasteiger partial charge in [0.05, 0.1) is 5.69 Å². The molecule has 1 aliphatic rings. The van der Waals surface area contributed by atoms with Crippen molar-refractivity contribution in [2.75, 3.05) is 18.8 Å². The predicted molar refractivity (Wildman–Crippen MR) is 66.5 cm³/mol. The van der Waals surface area contributed by atoms with E-state index in [9.17, 15) is 4.79 Å². The second kappa shape index (κ2) is 4.39. The summed E-state index contributed by atoms with van der Waals surface area (Å²) >= 11 is 0. The number of nitrogen functional groups attached to an aromatic ring is 1. The van der Waals surface area contributed by atoms with E-state index in [1.165, 1.54) is 0 Å². The fourth-order valence-corrected chi connectivity index (χ4v) is 2.27. The van der Waals surface area contributed by atoms with Crippen LogP contribution in [0.2, 0.25) is 0 Å². The summed E-state index contributed by atoms with van der Waals surface area (Å²) in [6.07, 6.45) is 2.73. The van der Waals surface area contributed by atoms with Crippen LogP contribution in [0, 0.1) is 11.8 Å². The van der Waals surface area contributed by atoms with Crippen LogP contribution in [0.1, 0.15) is 30.8 Å². The number of likely N-dealkylation sites (tertiary alicyclic amines) is 1. The van der Waals surface area contributed by atoms with Gasteiger partial charge in [0.25, 0.3) is 5.91 Å². The van der Waals surface area contributed by atoms with Crippen molar-refractivity contribution in [2.24, 2.45) is 18.9 Å². The Kier molecular flexibility index (Phi) is 3.09. The van der Waals surface area contributed by atoms with Gasteiger partial charge in [-0.15, -0.1) is 0 Å². The first kappa shape index (κ1) is 12.0. The van der Waals surface area contributed by atoms with Crippen molar-refractivity contribution in [3.63, 3.8) is 0 Å². The summed E-state index contributed by atoms with van der Waals surface area (Å²) < 4.78 is 1.58. The molecule has 5 heteroatoms. The van der Waals surface area contributed by atoms with Crippen molar-refractivity contribution in [1.29, 1.82) is 0 Å². The van der Waals surface area contributed by atoms with Gasteiger partial charge < -0.3 is 10.6 Å². The lowest BCUT2D eigenvalue weighted by atomic mass is 9.88. The van der Waals surface area contributed by atoms with E-state index in [-0.39, 0.29) is 5.91 Å². The molecule has 1 fully saturated rings. The molecule has 1 saturated heterocycles. The van der Waals surface area contributed by atoms with Crippen molar-refractivity contribution in [3.05, 3.63) is 11.9 Å². The Balaban J connectivity index is 2.13. The summed E-state index contributed by atoms with van der Waals surface area (Å²) in [5, 5.41) is 4.13. The van der Waals surface area contributed by atoms with Gasteiger partial charge in [-0.05, 0) is 18.3 Å². The quantitative estimate of drug-likeness (QED) is 0.794. The smallest absolute Gasteiger partial charge is 0.276 e. The van der Waals surface area contributed by atoms with Gasteiger partial charge in [0.1, 0.15) is 0 Å². The van der Waals surface area contributed by atoms with E-state index < -0.39 is 0 Å². The van der Waals surface area contributed by atoms with Gasteiger partial charge >= 0.3 is 0 Å². The standard InChI is InChI=1S/C12H20N4O/c1-8-4-5-16(6-9(8)2)12(17)11-10(13)7-15(3)14-11/h7-9H,4-6,13H2,1-3H3. The average Bonchev–Trinajstić information content (AvgIpc) is 2.61. The molecule has 1 aliphatic heterocycles. The number of carbonyl (C=O) groups is 1. The molecule has 1 aromatic heterocycles. The van der Waals surface area contributed by atoms with Crippen LogP contribution in [-0.4, -0.2) is 33.7 Å². The number of aromatic nitrogens is 2. The van der Waals surface area contributed by atoms with Gasteiger partial charge in [-0.2, -0.15) is 5.10 Å². The number of hydrogen-bond acceptors (Lipinski definition) is 3. The molecule has 0 aliphatic carbocycles. The third-order valence-electron chi connectivity index (χ3n) is 3.68. The van der Waals surface area contributed by atoms with Crippen LogP contribution in [0.3, 0.4) is 0 Å². The van der Waals surface area contributed by atoms with Gasteiger partial charge in [0.2, 0.25) is 0 Å². The Labute approximate surface area is 102 Å². The third-order valence-corrected chi connectivity index (χ3v) is 3.68. The lowest BCUT2D eigenvalue weighted by Crippen LogP contribution is -2.42. The third kappa shape index (κ3) is 2.28. The molecule has 2 atom stereocenters. The maximum Gasteiger partial charge on any atom is 0.276 e. The number of aryl methyl sites for hydroxylation is 1. The Hall–Kier alpha value is -1.52. The van der Waals surface area contributed by atoms with E-state index in [0.29, 0.717) is 23.2 Å². The molecular formula is C12H20N4O. The number of nitrogens with two attached hydrogens (primary N) is 1. The number of rotatable bonds is 1. The molecule has 0 spiro atoms. The van der Waals surface area contributed by atoms with Crippen molar-refractivity contribution in [1.82, 2.24) is 14.7 Å². The number of nitrogens with zero attached hydrogens (tertiary/aromatic N) is 3. The Bertz CT molecular complexity index is 426. The van der Waals surface area contributed by atoms with E-state index >= 15 is 0 Å². The zero-order valence-electron chi connectivity index (χ0n) is 10.7. The summed E-state index contributed by atoms with van der Waals surface area (Å²) in [6.45, 7) is 6.03. The summed E-state index contributed by atoms with van der Waals surface area (Å²) in [7, 11) is 1.77. The highest BCUT2D eigenvalue weighted by Gasteiger charge is 2.28. The van der Waals surface area contributed by atoms with E-state index in [0.717, 1.165) is 19.5 Å². The molecule has 2 unspecified atom stereocenters. The van der Waals surface area contributed by atoms with Crippen LogP contribution in [0.4, 0.5) is 5.69 Å². The molecule has 2 heterocycles. The molecule has 0 bridgehead atoms. The Morgan fingerprint density at radius 1 is 1.47 bits per heavy atom. The molecule has 2 rings (SSSR count). The minimum Gasteiger partial charge on any atom is -0.396 e. The van der Waals surface area contributed by atoms with Crippen molar-refractivity contribution >= 4 is 11.6 Å². The monoisotopic (exact) mass is 236 g/mol. The number of anilines is 1. The van der Waals surface area contributed by atoms with E-state index in [2.05, 4.69) is 18.9 Å². The first-order valence-electron chi connectivity index (χ1n) is 6.07. The van der Waals surface area contributed by atoms with E-state index in [4.69, 9.17) is 5.73 Å². The lowest BCUT2D eigenvalue weighted by Gasteiger charge is -2.34. The molecule has 1 amide bonds. The highest BCUT2D eigenvalue weighted by Crippen LogP contribution is 2.24. The second-order valence-electron chi connectivity index (χ2n) is 5.10. The molecule has 5 nitrogen and oxygen atoms in total. The summed E-state index contributed by atoms with van der Waals surface area (Å²) in [5.41, 5.74) is 6.63. The molecule has 2 N–H and O–H groups in total. The van der Waals surface area contributed by atoms with Gasteiger partial charge in [-0.25, -0.2) is 0 Å². The molecule has 17 heavy (non-hydrogen) atoms. The lowest BCUT2D eigenvalue weighted by molar-refractivity contribution is 0.0622. The maximum atomic E-state index is 12.3. The van der Waals surface area contributed by atoms with Crippen LogP contribution >= 0.6 is 0 Å². The van der Waals surface area contributed by atoms with Crippen LogP contribution < -0.4 is 5.73 Å². The van der Waals surface area contributed by atoms with Gasteiger partial charge in [0, 0.05) is 26.3 Å². The Morgan fingerprint density at radius 2 is 2.18 bits per heavy atom. The van der Waals surface area contributed by atoms with Crippen LogP contribution in [0.25, 0.3) is 0 Å². The number of hydrogen-bond donors (Lipinski definition) is 1. The Morgan fingerprint density at radius 3 is 2.71 bits per heavy atom. The second-order valence-corrected chi connectivity index (χ2v) is 5.10. The van der Waals surface area contributed by atoms with Crippen molar-refractivity contribution in [2.45, 2.75) is 20.3 Å². The van der Waals surface area contributed by atoms with Gasteiger partial charge in [-0.3, -0.25) is 9.48 Å². The highest BCUT2D eigenvalue weighted by molar-refractivity contribution is 5.97. The summed E-state index contributed by atoms with van der Waals surface area (Å²) in [4.78, 5) is 14.1. The number of carbonyl (C=O) groups excluding carboxylic acids is 1. The number of amides is 1. The fraction of sp³-hybridized carbons (Fsp3) is 0.667. The zero-order valence-corrected chi connectivity index (χ0v) is 10.7. The molecular weight excluding hydrogens is 216 g/mol. The molecule has 94 valence electrons. The molecule has 0 saturated carbocycles. The largest absolute Gasteiger partial charge is 0.396 e. The van der Waals surface area contributed by atoms with Gasteiger partial charge in [0.15, 0.2) is 5.69 Å². The fourth-order valence-electron chi connectivity index (χ4n) is 2.27. The predicted octanol–water partition coefficient (Wildman–Crippen LogP) is 1.12. The first-order chi connectivity index (χ1) is 7.99. The van der Waals surface area contributed by atoms with Crippen LogP contribution in [-0.2, 0) is 7.05 Å². The summed E-state index contributed by atoms with van der Waals surface area (Å²) in [6, 6.07) is 0. The molecule has 0 aromatic carbocycles. The molecule has 1 aromatic rings. The van der Waals surface area contributed by atoms with Crippen molar-refractivity contribution < 1.29 is 4.79 Å². The van der Waals surface area contributed by atoms with E-state index in [1.807, 2.05) is 4.90 Å². The number of piperidine rings is 1. The maximum absolute atomic E-state index is 12.3. The zero-order chi connectivity index (χ0) is 12.6. The highest BCUT2D eigenvalue weighted by atomic mass is 16.2. The topological polar surface area (TPSA) is 64.2 Å². The average molecular weight is 236 g/mol. The molecule has 0 radical (unpaired) electrons. The van der Waals surface area contributed by atoms with E-state index in [1.54, 1.807) is 17.9 Å². The van der Waals surface area contributed by atoms with Crippen LogP contribution in [0.15, 0.2) is 6.20 Å². The minimum atomic E-state index is -0.0400.